The number of fused-ring (bicyclic) bond motifs is 6. The highest BCUT2D eigenvalue weighted by molar-refractivity contribution is 5.80. The van der Waals surface area contributed by atoms with Crippen molar-refractivity contribution in [1.82, 2.24) is 20.9 Å². The van der Waals surface area contributed by atoms with Crippen LogP contribution >= 0.6 is 0 Å². The fraction of sp³-hybridized carbons (Fsp3) is 0.361. The lowest BCUT2D eigenvalue weighted by atomic mass is 9.86. The Bertz CT molecular complexity index is 2900. The molecule has 2 unspecified atom stereocenters. The first-order chi connectivity index (χ1) is 36.2. The van der Waals surface area contributed by atoms with E-state index in [1.54, 1.807) is 4.90 Å². The molecule has 10 rings (SSSR count). The van der Waals surface area contributed by atoms with Gasteiger partial charge in [0.05, 0.1) is 0 Å². The highest BCUT2D eigenvalue weighted by atomic mass is 19.1. The summed E-state index contributed by atoms with van der Waals surface area (Å²) in [6.45, 7) is 8.37. The highest BCUT2D eigenvalue weighted by Gasteiger charge is 2.35. The van der Waals surface area contributed by atoms with Gasteiger partial charge in [-0.1, -0.05) is 97.1 Å². The number of benzene rings is 6. The van der Waals surface area contributed by atoms with Gasteiger partial charge < -0.3 is 35.1 Å². The fourth-order valence-corrected chi connectivity index (χ4v) is 11.2. The number of carbonyl (C=O) groups is 3. The summed E-state index contributed by atoms with van der Waals surface area (Å²) in [4.78, 5) is 40.3. The highest BCUT2D eigenvalue weighted by Crippen LogP contribution is 2.46. The van der Waals surface area contributed by atoms with E-state index in [4.69, 9.17) is 14.2 Å². The first kappa shape index (κ1) is 52.7. The van der Waals surface area contributed by atoms with Gasteiger partial charge in [-0.25, -0.2) is 31.9 Å². The van der Waals surface area contributed by atoms with Crippen molar-refractivity contribution in [2.75, 3.05) is 39.4 Å². The van der Waals surface area contributed by atoms with Crippen LogP contribution in [0.4, 0.5) is 31.9 Å². The average molecular weight is 1030 g/mol. The van der Waals surface area contributed by atoms with Crippen molar-refractivity contribution in [2.45, 2.75) is 88.8 Å². The Hall–Kier alpha value is -7.19. The molecule has 0 saturated carbocycles. The molecule has 3 N–H and O–H groups in total. The molecule has 4 aliphatic rings. The van der Waals surface area contributed by atoms with E-state index in [2.05, 4.69) is 64.5 Å². The SMILES string of the molecule is CC(C)(C)OC(=O)N1CCC(C(Cc2cc(F)ccc2F)NC(=O)OCC2c3ccccc3-c3ccccc32)CC1.O=C(NC(Cc1cc(F)ccc1F)C1CCNCC1)OCC1c2ccccc2-c2ccccc21. The third-order valence-electron chi connectivity index (χ3n) is 14.9. The molecule has 2 fully saturated rings. The normalized spacial score (nSPS) is 16.3. The molecule has 2 saturated heterocycles. The first-order valence-electron chi connectivity index (χ1n) is 26.0. The zero-order chi connectivity index (χ0) is 52.6. The molecule has 0 radical (unpaired) electrons. The standard InChI is InChI=1S/C33H36F2N2O4.C28H28F2N2O2/c1-33(2,3)41-32(39)37-16-14-21(15-17-37)30(19-22-18-23(34)12-13-29(22)35)36-31(38)40-20-28-26-10-6-4-8-24(26)25-9-5-7-11-27(25)28;29-20-9-10-26(30)19(15-20)16-27(18-11-13-31-14-12-18)32-28(33)34-17-25-23-7-3-1-5-21(23)22-6-2-4-8-24(22)25/h4-13,18,21,28,30H,14-17,19-20H2,1-3H3,(H,36,38);1-10,15,18,25,27,31H,11-14,16-17H2,(H,32,33). The molecule has 392 valence electrons. The fourth-order valence-electron chi connectivity index (χ4n) is 11.2. The lowest BCUT2D eigenvalue weighted by Gasteiger charge is -2.37. The third-order valence-corrected chi connectivity index (χ3v) is 14.9. The van der Waals surface area contributed by atoms with E-state index in [1.807, 2.05) is 69.3 Å². The quantitative estimate of drug-likeness (QED) is 0.0825. The molecular formula is C61H64F4N4O6. The molecule has 0 bridgehead atoms. The maximum absolute atomic E-state index is 14.6. The minimum Gasteiger partial charge on any atom is -0.449 e. The zero-order valence-corrected chi connectivity index (χ0v) is 42.6. The summed E-state index contributed by atoms with van der Waals surface area (Å²) in [5, 5.41) is 9.24. The van der Waals surface area contributed by atoms with Crippen LogP contribution in [0.2, 0.25) is 0 Å². The molecule has 75 heavy (non-hydrogen) atoms. The van der Waals surface area contributed by atoms with E-state index in [-0.39, 0.29) is 73.0 Å². The van der Waals surface area contributed by atoms with Crippen molar-refractivity contribution in [2.24, 2.45) is 11.8 Å². The summed E-state index contributed by atoms with van der Waals surface area (Å²) in [5.41, 5.74) is 8.96. The van der Waals surface area contributed by atoms with E-state index in [0.717, 1.165) is 89.6 Å². The van der Waals surface area contributed by atoms with Crippen molar-refractivity contribution >= 4 is 18.3 Å². The van der Waals surface area contributed by atoms with E-state index >= 15 is 0 Å². The lowest BCUT2D eigenvalue weighted by Crippen LogP contribution is -2.48. The molecule has 3 amide bonds. The van der Waals surface area contributed by atoms with Gasteiger partial charge in [-0.15, -0.1) is 0 Å². The Balaban J connectivity index is 0.000000187. The second kappa shape index (κ2) is 23.6. The van der Waals surface area contributed by atoms with Crippen LogP contribution in [0.25, 0.3) is 22.3 Å². The van der Waals surface area contributed by atoms with Crippen LogP contribution in [-0.2, 0) is 27.1 Å². The lowest BCUT2D eigenvalue weighted by molar-refractivity contribution is 0.0166. The summed E-state index contributed by atoms with van der Waals surface area (Å²) in [7, 11) is 0. The zero-order valence-electron chi connectivity index (χ0n) is 42.6. The van der Waals surface area contributed by atoms with Crippen LogP contribution in [0.3, 0.4) is 0 Å². The molecule has 14 heteroatoms. The van der Waals surface area contributed by atoms with Crippen molar-refractivity contribution in [3.8, 4) is 22.3 Å². The number of hydrogen-bond donors (Lipinski definition) is 3. The summed E-state index contributed by atoms with van der Waals surface area (Å²) in [6.07, 6.45) is 1.66. The Labute approximate surface area is 436 Å². The summed E-state index contributed by atoms with van der Waals surface area (Å²) >= 11 is 0. The van der Waals surface area contributed by atoms with Crippen LogP contribution in [-0.4, -0.2) is 80.3 Å². The van der Waals surface area contributed by atoms with Crippen LogP contribution in [0.5, 0.6) is 0 Å². The van der Waals surface area contributed by atoms with Crippen LogP contribution in [0, 0.1) is 35.1 Å². The minimum atomic E-state index is -0.608. The molecule has 6 aromatic carbocycles. The van der Waals surface area contributed by atoms with Gasteiger partial charge in [0.25, 0.3) is 0 Å². The molecule has 2 atom stereocenters. The Morgan fingerprint density at radius 1 is 0.560 bits per heavy atom. The van der Waals surface area contributed by atoms with Crippen LogP contribution in [0.1, 0.15) is 91.7 Å². The number of nitrogens with zero attached hydrogens (tertiary/aromatic N) is 1. The van der Waals surface area contributed by atoms with Gasteiger partial charge in [0, 0.05) is 37.0 Å². The Morgan fingerprint density at radius 2 is 0.933 bits per heavy atom. The number of halogens is 4. The Morgan fingerprint density at radius 3 is 1.32 bits per heavy atom. The number of piperidine rings is 2. The molecule has 0 aromatic heterocycles. The Kier molecular flexibility index (Phi) is 16.5. The summed E-state index contributed by atoms with van der Waals surface area (Å²) in [6, 6.07) is 38.5. The number of carbonyl (C=O) groups excluding carboxylic acids is 3. The number of amides is 3. The first-order valence-corrected chi connectivity index (χ1v) is 26.0. The van der Waals surface area contributed by atoms with Gasteiger partial charge in [0.1, 0.15) is 42.1 Å². The molecule has 2 aliphatic carbocycles. The van der Waals surface area contributed by atoms with E-state index < -0.39 is 47.1 Å². The van der Waals surface area contributed by atoms with E-state index in [1.165, 1.54) is 17.2 Å². The van der Waals surface area contributed by atoms with E-state index in [0.29, 0.717) is 25.9 Å². The van der Waals surface area contributed by atoms with Crippen molar-refractivity contribution in [3.63, 3.8) is 0 Å². The molecule has 2 heterocycles. The van der Waals surface area contributed by atoms with Gasteiger partial charge >= 0.3 is 18.3 Å². The predicted octanol–water partition coefficient (Wildman–Crippen LogP) is 12.5. The largest absolute Gasteiger partial charge is 0.449 e. The maximum Gasteiger partial charge on any atom is 0.410 e. The summed E-state index contributed by atoms with van der Waals surface area (Å²) in [5.74, 6) is -2.06. The number of ether oxygens (including phenoxy) is 3. The maximum atomic E-state index is 14.6. The topological polar surface area (TPSA) is 118 Å². The van der Waals surface area contributed by atoms with Crippen molar-refractivity contribution in [1.29, 1.82) is 0 Å². The molecular weight excluding hydrogens is 961 g/mol. The third kappa shape index (κ3) is 12.8. The second-order valence-corrected chi connectivity index (χ2v) is 20.9. The van der Waals surface area contributed by atoms with Gasteiger partial charge in [0.2, 0.25) is 0 Å². The van der Waals surface area contributed by atoms with Gasteiger partial charge in [-0.2, -0.15) is 0 Å². The predicted molar refractivity (Wildman–Crippen MR) is 280 cm³/mol. The molecule has 10 nitrogen and oxygen atoms in total. The van der Waals surface area contributed by atoms with Crippen molar-refractivity contribution in [3.05, 3.63) is 190 Å². The van der Waals surface area contributed by atoms with Gasteiger partial charge in [0.15, 0.2) is 0 Å². The van der Waals surface area contributed by atoms with Crippen LogP contribution in [0.15, 0.2) is 133 Å². The number of nitrogens with one attached hydrogen (secondary N) is 3. The monoisotopic (exact) mass is 1020 g/mol. The molecule has 6 aromatic rings. The van der Waals surface area contributed by atoms with Crippen LogP contribution < -0.4 is 16.0 Å². The number of rotatable bonds is 12. The minimum absolute atomic E-state index is 0.0313. The number of likely N-dealkylation sites (tertiary alicyclic amines) is 1. The van der Waals surface area contributed by atoms with E-state index in [9.17, 15) is 31.9 Å². The molecule has 0 spiro atoms. The van der Waals surface area contributed by atoms with Gasteiger partial charge in [-0.3, -0.25) is 0 Å². The second-order valence-electron chi connectivity index (χ2n) is 20.9. The number of alkyl carbamates (subject to hydrolysis) is 2. The smallest absolute Gasteiger partial charge is 0.410 e. The summed E-state index contributed by atoms with van der Waals surface area (Å²) < 4.78 is 73.7. The van der Waals surface area contributed by atoms with Crippen molar-refractivity contribution < 1.29 is 46.2 Å². The average Bonchev–Trinajstić information content (AvgIpc) is 3.93. The molecule has 2 aliphatic heterocycles. The number of hydrogen-bond acceptors (Lipinski definition) is 7. The van der Waals surface area contributed by atoms with Gasteiger partial charge in [-0.05, 0) is 176 Å².